The van der Waals surface area contributed by atoms with E-state index in [1.54, 1.807) is 18.4 Å². The highest BCUT2D eigenvalue weighted by molar-refractivity contribution is 6.30. The van der Waals surface area contributed by atoms with E-state index < -0.39 is 0 Å². The molecule has 0 N–H and O–H groups in total. The highest BCUT2D eigenvalue weighted by atomic mass is 35.5. The summed E-state index contributed by atoms with van der Waals surface area (Å²) < 4.78 is 11.5. The first-order valence-electron chi connectivity index (χ1n) is 7.46. The molecule has 1 aliphatic heterocycles. The molecule has 1 heterocycles. The van der Waals surface area contributed by atoms with Gasteiger partial charge in [-0.3, -0.25) is 4.79 Å². The summed E-state index contributed by atoms with van der Waals surface area (Å²) in [7, 11) is 0. The van der Waals surface area contributed by atoms with Crippen LogP contribution in [0.1, 0.15) is 31.7 Å². The molecule has 0 spiro atoms. The average molecular weight is 307 g/mol. The molecule has 3 nitrogen and oxygen atoms in total. The third-order valence-corrected chi connectivity index (χ3v) is 4.52. The topological polar surface area (TPSA) is 35.5 Å². The number of rotatable bonds is 3. The lowest BCUT2D eigenvalue weighted by molar-refractivity contribution is -0.127. The van der Waals surface area contributed by atoms with Gasteiger partial charge in [0.15, 0.2) is 5.78 Å². The molecule has 1 aromatic rings. The number of carbonyl (C=O) groups is 1. The monoisotopic (exact) mass is 306 g/mol. The molecule has 21 heavy (non-hydrogen) atoms. The van der Waals surface area contributed by atoms with E-state index in [9.17, 15) is 4.79 Å². The van der Waals surface area contributed by atoms with Crippen LogP contribution >= 0.6 is 11.6 Å². The largest absolute Gasteiger partial charge is 0.496 e. The van der Waals surface area contributed by atoms with Crippen molar-refractivity contribution in [3.8, 4) is 0 Å². The van der Waals surface area contributed by atoms with Gasteiger partial charge in [0, 0.05) is 18.1 Å². The summed E-state index contributed by atoms with van der Waals surface area (Å²) in [6, 6.07) is 7.31. The molecule has 1 fully saturated rings. The van der Waals surface area contributed by atoms with Gasteiger partial charge in [0.05, 0.1) is 23.9 Å². The number of hydrogen-bond acceptors (Lipinski definition) is 3. The van der Waals surface area contributed by atoms with Crippen molar-refractivity contribution in [3.63, 3.8) is 0 Å². The van der Waals surface area contributed by atoms with E-state index in [1.165, 1.54) is 0 Å². The van der Waals surface area contributed by atoms with Crippen molar-refractivity contribution in [3.05, 3.63) is 41.1 Å². The minimum absolute atomic E-state index is 0.0427. The zero-order valence-electron chi connectivity index (χ0n) is 12.0. The summed E-state index contributed by atoms with van der Waals surface area (Å²) in [5.41, 5.74) is 1.53. The van der Waals surface area contributed by atoms with Crippen LogP contribution in [0.15, 0.2) is 30.5 Å². The fourth-order valence-electron chi connectivity index (χ4n) is 3.18. The zero-order valence-corrected chi connectivity index (χ0v) is 12.8. The zero-order chi connectivity index (χ0) is 14.8. The van der Waals surface area contributed by atoms with E-state index in [4.69, 9.17) is 21.1 Å². The van der Waals surface area contributed by atoms with Gasteiger partial charge < -0.3 is 9.47 Å². The van der Waals surface area contributed by atoms with Crippen molar-refractivity contribution in [2.75, 3.05) is 6.61 Å². The van der Waals surface area contributed by atoms with Gasteiger partial charge >= 0.3 is 0 Å². The minimum Gasteiger partial charge on any atom is -0.496 e. The van der Waals surface area contributed by atoms with Crippen LogP contribution in [0.5, 0.6) is 0 Å². The van der Waals surface area contributed by atoms with Crippen LogP contribution in [0.25, 0.3) is 5.57 Å². The fraction of sp³-hybridized carbons (Fsp3) is 0.471. The molecule has 0 radical (unpaired) electrons. The number of halogens is 1. The van der Waals surface area contributed by atoms with Crippen molar-refractivity contribution in [2.45, 2.75) is 38.4 Å². The standard InChI is InChI=1S/C17H19ClO3/c1-2-20-13-7-8-14-16(9-13)21-10-15(17(14)19)11-3-5-12(18)6-4-11/h3-6,10,13-14,16H,2,7-9H2,1H3. The number of allylic oxidation sites excluding steroid dienone is 1. The Morgan fingerprint density at radius 1 is 1.29 bits per heavy atom. The van der Waals surface area contributed by atoms with Gasteiger partial charge in [0.2, 0.25) is 0 Å². The van der Waals surface area contributed by atoms with Crippen molar-refractivity contribution in [2.24, 2.45) is 5.92 Å². The molecular weight excluding hydrogens is 288 g/mol. The highest BCUT2D eigenvalue weighted by Gasteiger charge is 2.40. The first-order valence-corrected chi connectivity index (χ1v) is 7.84. The Bertz CT molecular complexity index is 550. The molecule has 0 bridgehead atoms. The molecule has 3 atom stereocenters. The van der Waals surface area contributed by atoms with Crippen molar-refractivity contribution in [1.29, 1.82) is 0 Å². The minimum atomic E-state index is -0.0441. The first-order chi connectivity index (χ1) is 10.2. The molecule has 1 aliphatic carbocycles. The Hall–Kier alpha value is -1.32. The van der Waals surface area contributed by atoms with Crippen LogP contribution in [-0.4, -0.2) is 24.6 Å². The van der Waals surface area contributed by atoms with E-state index in [2.05, 4.69) is 0 Å². The first kappa shape index (κ1) is 14.6. The van der Waals surface area contributed by atoms with Crippen molar-refractivity contribution >= 4 is 23.0 Å². The molecule has 3 rings (SSSR count). The number of ketones is 1. The Morgan fingerprint density at radius 2 is 2.05 bits per heavy atom. The maximum absolute atomic E-state index is 12.7. The summed E-state index contributed by atoms with van der Waals surface area (Å²) >= 11 is 5.89. The third kappa shape index (κ3) is 2.99. The molecule has 112 valence electrons. The highest BCUT2D eigenvalue weighted by Crippen LogP contribution is 2.37. The van der Waals surface area contributed by atoms with Crippen LogP contribution in [0, 0.1) is 5.92 Å². The Labute approximate surface area is 129 Å². The van der Waals surface area contributed by atoms with E-state index in [0.717, 1.165) is 24.8 Å². The lowest BCUT2D eigenvalue weighted by atomic mass is 9.78. The fourth-order valence-corrected chi connectivity index (χ4v) is 3.31. The molecule has 1 saturated carbocycles. The van der Waals surface area contributed by atoms with Crippen molar-refractivity contribution in [1.82, 2.24) is 0 Å². The Morgan fingerprint density at radius 3 is 2.76 bits per heavy atom. The second-order valence-corrected chi connectivity index (χ2v) is 6.01. The molecule has 0 amide bonds. The van der Waals surface area contributed by atoms with Crippen LogP contribution in [-0.2, 0) is 14.3 Å². The number of hydrogen-bond donors (Lipinski definition) is 0. The maximum atomic E-state index is 12.7. The molecule has 1 aromatic carbocycles. The average Bonchev–Trinajstić information content (AvgIpc) is 2.49. The SMILES string of the molecule is CCOC1CCC2C(=O)C(c3ccc(Cl)cc3)=COC2C1. The van der Waals surface area contributed by atoms with E-state index >= 15 is 0 Å². The van der Waals surface area contributed by atoms with Gasteiger partial charge in [-0.1, -0.05) is 23.7 Å². The second-order valence-electron chi connectivity index (χ2n) is 5.57. The summed E-state index contributed by atoms with van der Waals surface area (Å²) in [4.78, 5) is 12.7. The summed E-state index contributed by atoms with van der Waals surface area (Å²) in [6.45, 7) is 2.71. The van der Waals surface area contributed by atoms with Crippen molar-refractivity contribution < 1.29 is 14.3 Å². The molecule has 2 aliphatic rings. The van der Waals surface area contributed by atoms with Gasteiger partial charge in [-0.2, -0.15) is 0 Å². The van der Waals surface area contributed by atoms with E-state index in [0.29, 0.717) is 17.2 Å². The van der Waals surface area contributed by atoms with Crippen LogP contribution in [0.4, 0.5) is 0 Å². The lowest BCUT2D eigenvalue weighted by Gasteiger charge is -2.37. The Balaban J connectivity index is 1.78. The van der Waals surface area contributed by atoms with Gasteiger partial charge in [-0.05, 0) is 37.5 Å². The predicted molar refractivity (Wildman–Crippen MR) is 82.1 cm³/mol. The van der Waals surface area contributed by atoms with E-state index in [1.807, 2.05) is 19.1 Å². The van der Waals surface area contributed by atoms with Crippen LogP contribution in [0.3, 0.4) is 0 Å². The van der Waals surface area contributed by atoms with Gasteiger partial charge in [0.1, 0.15) is 6.10 Å². The van der Waals surface area contributed by atoms with Gasteiger partial charge in [0.25, 0.3) is 0 Å². The number of Topliss-reactive ketones (excluding diaryl/α,β-unsaturated/α-hetero) is 1. The summed E-state index contributed by atoms with van der Waals surface area (Å²) in [6.07, 6.45) is 4.35. The predicted octanol–water partition coefficient (Wildman–Crippen LogP) is 3.85. The summed E-state index contributed by atoms with van der Waals surface area (Å²) in [5.74, 6) is 0.140. The number of fused-ring (bicyclic) bond motifs is 1. The molecule has 3 unspecified atom stereocenters. The van der Waals surface area contributed by atoms with Crippen LogP contribution in [0.2, 0.25) is 5.02 Å². The third-order valence-electron chi connectivity index (χ3n) is 4.26. The molecule has 0 saturated heterocycles. The smallest absolute Gasteiger partial charge is 0.173 e. The summed E-state index contributed by atoms with van der Waals surface area (Å²) in [5, 5.41) is 0.665. The number of ether oxygens (including phenoxy) is 2. The van der Waals surface area contributed by atoms with Crippen LogP contribution < -0.4 is 0 Å². The Kier molecular flexibility index (Phi) is 4.32. The molecule has 0 aromatic heterocycles. The van der Waals surface area contributed by atoms with Gasteiger partial charge in [-0.15, -0.1) is 0 Å². The normalized spacial score (nSPS) is 28.6. The lowest BCUT2D eigenvalue weighted by Crippen LogP contribution is -2.41. The quantitative estimate of drug-likeness (QED) is 0.851. The van der Waals surface area contributed by atoms with Gasteiger partial charge in [-0.25, -0.2) is 0 Å². The number of benzene rings is 1. The molecule has 4 heteroatoms. The van der Waals surface area contributed by atoms with E-state index in [-0.39, 0.29) is 23.9 Å². The molecular formula is C17H19ClO3. The maximum Gasteiger partial charge on any atom is 0.173 e. The number of carbonyl (C=O) groups excluding carboxylic acids is 1. The second kappa shape index (κ2) is 6.20.